The zero-order chi connectivity index (χ0) is 15.0. The van der Waals surface area contributed by atoms with Crippen LogP contribution in [0.5, 0.6) is 11.5 Å². The quantitative estimate of drug-likeness (QED) is 0.569. The molecule has 0 aliphatic heterocycles. The van der Waals surface area contributed by atoms with Crippen LogP contribution in [0.2, 0.25) is 0 Å². The summed E-state index contributed by atoms with van der Waals surface area (Å²) in [6, 6.07) is 3.85. The van der Waals surface area contributed by atoms with E-state index in [9.17, 15) is 0 Å². The maximum absolute atomic E-state index is 5.99. The molecule has 1 atom stereocenters. The number of hydrogen-bond acceptors (Lipinski definition) is 2. The van der Waals surface area contributed by atoms with Gasteiger partial charge in [0.1, 0.15) is 11.5 Å². The Bertz CT molecular complexity index is 408. The Hall–Kier alpha value is -0.600. The van der Waals surface area contributed by atoms with Crippen molar-refractivity contribution in [2.24, 2.45) is 5.92 Å². The molecule has 0 bridgehead atoms. The van der Waals surface area contributed by atoms with Crippen LogP contribution in [0.3, 0.4) is 0 Å². The van der Waals surface area contributed by atoms with E-state index >= 15 is 0 Å². The predicted molar refractivity (Wildman–Crippen MR) is 86.3 cm³/mol. The van der Waals surface area contributed by atoms with E-state index in [-0.39, 0.29) is 0 Å². The zero-order valence-corrected chi connectivity index (χ0v) is 14.1. The van der Waals surface area contributed by atoms with Gasteiger partial charge in [0, 0.05) is 11.1 Å². The predicted octanol–water partition coefficient (Wildman–Crippen LogP) is 5.38. The highest BCUT2D eigenvalue weighted by atomic mass is 35.5. The van der Waals surface area contributed by atoms with Gasteiger partial charge in [0.15, 0.2) is 0 Å². The van der Waals surface area contributed by atoms with E-state index in [2.05, 4.69) is 13.8 Å². The fourth-order valence-electron chi connectivity index (χ4n) is 2.05. The SMILES string of the molecule is CCCCC(C)COc1cc(CCl)c(OC)cc1CCl. The molecule has 114 valence electrons. The molecule has 0 aromatic heterocycles. The number of rotatable bonds is 9. The normalized spacial score (nSPS) is 12.2. The number of hydrogen-bond donors (Lipinski definition) is 0. The maximum atomic E-state index is 5.99. The number of ether oxygens (including phenoxy) is 2. The van der Waals surface area contributed by atoms with Crippen molar-refractivity contribution in [3.63, 3.8) is 0 Å². The van der Waals surface area contributed by atoms with Crippen molar-refractivity contribution in [1.29, 1.82) is 0 Å². The van der Waals surface area contributed by atoms with Crippen molar-refractivity contribution in [2.45, 2.75) is 44.9 Å². The third kappa shape index (κ3) is 5.06. The van der Waals surface area contributed by atoms with Gasteiger partial charge in [-0.25, -0.2) is 0 Å². The largest absolute Gasteiger partial charge is 0.496 e. The van der Waals surface area contributed by atoms with Gasteiger partial charge in [0.2, 0.25) is 0 Å². The summed E-state index contributed by atoms with van der Waals surface area (Å²) in [5, 5.41) is 0. The van der Waals surface area contributed by atoms with Crippen LogP contribution in [0, 0.1) is 5.92 Å². The van der Waals surface area contributed by atoms with Crippen molar-refractivity contribution in [2.75, 3.05) is 13.7 Å². The van der Waals surface area contributed by atoms with Crippen molar-refractivity contribution in [1.82, 2.24) is 0 Å². The standard InChI is InChI=1S/C16H24Cl2O2/c1-4-5-6-12(2)11-20-16-8-13(9-17)15(19-3)7-14(16)10-18/h7-8,12H,4-6,9-11H2,1-3H3. The number of halogens is 2. The zero-order valence-electron chi connectivity index (χ0n) is 12.5. The van der Waals surface area contributed by atoms with E-state index in [1.165, 1.54) is 19.3 Å². The lowest BCUT2D eigenvalue weighted by Crippen LogP contribution is -2.10. The molecule has 0 aliphatic rings. The molecule has 4 heteroatoms. The Labute approximate surface area is 132 Å². The van der Waals surface area contributed by atoms with E-state index in [4.69, 9.17) is 32.7 Å². The summed E-state index contributed by atoms with van der Waals surface area (Å²) in [5.74, 6) is 2.92. The van der Waals surface area contributed by atoms with Crippen LogP contribution in [0.1, 0.15) is 44.2 Å². The van der Waals surface area contributed by atoms with E-state index in [0.29, 0.717) is 24.3 Å². The smallest absolute Gasteiger partial charge is 0.124 e. The first-order chi connectivity index (χ1) is 9.65. The van der Waals surface area contributed by atoms with Gasteiger partial charge in [-0.15, -0.1) is 23.2 Å². The topological polar surface area (TPSA) is 18.5 Å². The van der Waals surface area contributed by atoms with E-state index in [0.717, 1.165) is 22.6 Å². The summed E-state index contributed by atoms with van der Waals surface area (Å²) >= 11 is 11.9. The second kappa shape index (κ2) is 9.36. The van der Waals surface area contributed by atoms with Crippen LogP contribution >= 0.6 is 23.2 Å². The highest BCUT2D eigenvalue weighted by Crippen LogP contribution is 2.31. The number of methoxy groups -OCH3 is 1. The Balaban J connectivity index is 2.77. The monoisotopic (exact) mass is 318 g/mol. The molecule has 2 nitrogen and oxygen atoms in total. The van der Waals surface area contributed by atoms with Gasteiger partial charge in [-0.05, 0) is 24.5 Å². The average molecular weight is 319 g/mol. The molecule has 1 aromatic carbocycles. The summed E-state index contributed by atoms with van der Waals surface area (Å²) in [4.78, 5) is 0. The molecule has 0 fully saturated rings. The second-order valence-electron chi connectivity index (χ2n) is 5.10. The van der Waals surface area contributed by atoms with Crippen LogP contribution in [0.4, 0.5) is 0 Å². The molecule has 0 N–H and O–H groups in total. The maximum Gasteiger partial charge on any atom is 0.124 e. The van der Waals surface area contributed by atoms with Crippen molar-refractivity contribution in [3.05, 3.63) is 23.3 Å². The molecule has 0 saturated carbocycles. The molecular formula is C16H24Cl2O2. The molecule has 0 amide bonds. The van der Waals surface area contributed by atoms with Gasteiger partial charge in [0.25, 0.3) is 0 Å². The molecule has 0 aliphatic carbocycles. The lowest BCUT2D eigenvalue weighted by Gasteiger charge is -2.17. The molecule has 20 heavy (non-hydrogen) atoms. The first-order valence-electron chi connectivity index (χ1n) is 7.10. The van der Waals surface area contributed by atoms with Crippen LogP contribution in [0.15, 0.2) is 12.1 Å². The highest BCUT2D eigenvalue weighted by molar-refractivity contribution is 6.18. The Kier molecular flexibility index (Phi) is 8.16. The first kappa shape index (κ1) is 17.5. The molecular weight excluding hydrogens is 295 g/mol. The summed E-state index contributed by atoms with van der Waals surface area (Å²) < 4.78 is 11.2. The third-order valence-electron chi connectivity index (χ3n) is 3.33. The fraction of sp³-hybridized carbons (Fsp3) is 0.625. The van der Waals surface area contributed by atoms with Gasteiger partial charge >= 0.3 is 0 Å². The van der Waals surface area contributed by atoms with Crippen molar-refractivity contribution in [3.8, 4) is 11.5 Å². The molecule has 0 spiro atoms. The summed E-state index contributed by atoms with van der Waals surface area (Å²) in [7, 11) is 1.64. The van der Waals surface area contributed by atoms with Gasteiger partial charge in [0.05, 0.1) is 25.5 Å². The first-order valence-corrected chi connectivity index (χ1v) is 8.17. The summed E-state index contributed by atoms with van der Waals surface area (Å²) in [5.41, 5.74) is 1.87. The van der Waals surface area contributed by atoms with Crippen LogP contribution < -0.4 is 9.47 Å². The minimum Gasteiger partial charge on any atom is -0.496 e. The molecule has 0 radical (unpaired) electrons. The summed E-state index contributed by atoms with van der Waals surface area (Å²) in [6.45, 7) is 5.12. The molecule has 1 rings (SSSR count). The van der Waals surface area contributed by atoms with E-state index in [1.54, 1.807) is 7.11 Å². The molecule has 0 heterocycles. The molecule has 1 aromatic rings. The minimum atomic E-state index is 0.396. The number of alkyl halides is 2. The molecule has 1 unspecified atom stereocenters. The minimum absolute atomic E-state index is 0.396. The van der Waals surface area contributed by atoms with Crippen LogP contribution in [-0.4, -0.2) is 13.7 Å². The fourth-order valence-corrected chi connectivity index (χ4v) is 2.46. The number of benzene rings is 1. The van der Waals surface area contributed by atoms with Gasteiger partial charge in [-0.2, -0.15) is 0 Å². The Morgan fingerprint density at radius 3 is 2.25 bits per heavy atom. The van der Waals surface area contributed by atoms with E-state index < -0.39 is 0 Å². The second-order valence-corrected chi connectivity index (χ2v) is 5.63. The third-order valence-corrected chi connectivity index (χ3v) is 3.90. The van der Waals surface area contributed by atoms with Crippen molar-refractivity contribution >= 4 is 23.2 Å². The molecule has 0 saturated heterocycles. The van der Waals surface area contributed by atoms with Gasteiger partial charge in [-0.1, -0.05) is 26.7 Å². The van der Waals surface area contributed by atoms with Crippen LogP contribution in [-0.2, 0) is 11.8 Å². The van der Waals surface area contributed by atoms with E-state index in [1.807, 2.05) is 12.1 Å². The van der Waals surface area contributed by atoms with Gasteiger partial charge < -0.3 is 9.47 Å². The van der Waals surface area contributed by atoms with Gasteiger partial charge in [-0.3, -0.25) is 0 Å². The number of unbranched alkanes of at least 4 members (excludes halogenated alkanes) is 1. The highest BCUT2D eigenvalue weighted by Gasteiger charge is 2.12. The Morgan fingerprint density at radius 1 is 1.10 bits per heavy atom. The lowest BCUT2D eigenvalue weighted by atomic mass is 10.1. The Morgan fingerprint density at radius 2 is 1.70 bits per heavy atom. The van der Waals surface area contributed by atoms with Crippen LogP contribution in [0.25, 0.3) is 0 Å². The van der Waals surface area contributed by atoms with Crippen molar-refractivity contribution < 1.29 is 9.47 Å². The lowest BCUT2D eigenvalue weighted by molar-refractivity contribution is 0.247. The average Bonchev–Trinajstić information content (AvgIpc) is 2.49. The summed E-state index contributed by atoms with van der Waals surface area (Å²) in [6.07, 6.45) is 3.64.